The molecule has 0 radical (unpaired) electrons. The molecule has 0 N–H and O–H groups in total. The molecule has 88 heavy (non-hydrogen) atoms. The molecule has 8 nitrogen and oxygen atoms in total. The Bertz CT molecular complexity index is 5160. The van der Waals surface area contributed by atoms with Gasteiger partial charge in [-0.2, -0.15) is 0 Å². The van der Waals surface area contributed by atoms with Crippen LogP contribution in [0.2, 0.25) is 0 Å². The van der Waals surface area contributed by atoms with Crippen molar-refractivity contribution in [3.63, 3.8) is 0 Å². The van der Waals surface area contributed by atoms with Gasteiger partial charge in [0.25, 0.3) is 0 Å². The van der Waals surface area contributed by atoms with E-state index in [0.29, 0.717) is 0 Å². The summed E-state index contributed by atoms with van der Waals surface area (Å²) in [4.78, 5) is 14.3. The van der Waals surface area contributed by atoms with E-state index in [1.807, 2.05) is 0 Å². The van der Waals surface area contributed by atoms with Gasteiger partial charge in [-0.1, -0.05) is 170 Å². The van der Waals surface area contributed by atoms with Crippen LogP contribution in [0, 0.1) is 0 Å². The molecule has 0 saturated heterocycles. The van der Waals surface area contributed by atoms with E-state index in [4.69, 9.17) is 0 Å². The Hall–Kier alpha value is -10.9. The molecule has 20 rings (SSSR count). The average Bonchev–Trinajstić information content (AvgIpc) is 0.653. The lowest BCUT2D eigenvalue weighted by Gasteiger charge is -2.52. The van der Waals surface area contributed by atoms with E-state index in [2.05, 4.69) is 321 Å². The maximum absolute atomic E-state index is 19.0. The first-order valence-electron chi connectivity index (χ1n) is 29.9. The predicted molar refractivity (Wildman–Crippen MR) is 367 cm³/mol. The molecule has 0 spiro atoms. The van der Waals surface area contributed by atoms with Gasteiger partial charge < -0.3 is 38.5 Å². The molecule has 0 bridgehead atoms. The summed E-state index contributed by atoms with van der Waals surface area (Å²) >= 11 is 0. The third-order valence-electron chi connectivity index (χ3n) is 19.0. The molecule has 0 saturated carbocycles. The number of fused-ring (bicyclic) bond motifs is 7. The SMILES string of the molecule is O=P12c3c4cccc3N(c3ccccc3)c3c1c(cc1cc5c6c(c31)N(c1ccccc1)c1cccc3c1P6(=O)c1c(cc6ccccc6c1N5c1ccccc1)N3c1ccccc1)N(c1ccccc1)c1c2c(cc2ccccc12)N4c1ccccc1. The fraction of sp³-hybridized carbons (Fsp3) is 0. The van der Waals surface area contributed by atoms with E-state index in [1.165, 1.54) is 0 Å². The van der Waals surface area contributed by atoms with Gasteiger partial charge >= 0.3 is 0 Å². The van der Waals surface area contributed by atoms with Crippen LogP contribution in [0.5, 0.6) is 0 Å². The van der Waals surface area contributed by atoms with Crippen molar-refractivity contribution in [2.24, 2.45) is 0 Å². The quantitative estimate of drug-likeness (QED) is 0.153. The summed E-state index contributed by atoms with van der Waals surface area (Å²) in [6, 6.07) is 103. The van der Waals surface area contributed by atoms with Gasteiger partial charge in [0.05, 0.1) is 100 Å². The molecule has 14 aromatic carbocycles. The van der Waals surface area contributed by atoms with Crippen LogP contribution in [0.1, 0.15) is 0 Å². The summed E-state index contributed by atoms with van der Waals surface area (Å²) in [7, 11) is -8.02. The van der Waals surface area contributed by atoms with E-state index in [-0.39, 0.29) is 0 Å². The fourth-order valence-electron chi connectivity index (χ4n) is 15.8. The topological polar surface area (TPSA) is 53.6 Å². The van der Waals surface area contributed by atoms with Gasteiger partial charge in [-0.3, -0.25) is 0 Å². The largest absolute Gasteiger partial charge is 0.309 e. The first kappa shape index (κ1) is 48.4. The monoisotopic (exact) mass is 1160 g/mol. The minimum atomic E-state index is -4.01. The number of rotatable bonds is 6. The van der Waals surface area contributed by atoms with Gasteiger partial charge in [0.15, 0.2) is 14.3 Å². The highest BCUT2D eigenvalue weighted by Gasteiger charge is 2.59. The molecule has 10 heteroatoms. The number of anilines is 18. The number of nitrogens with zero attached hydrogens (tertiary/aromatic N) is 6. The molecule has 6 aliphatic rings. The van der Waals surface area contributed by atoms with Crippen molar-refractivity contribution in [2.45, 2.75) is 0 Å². The van der Waals surface area contributed by atoms with Crippen molar-refractivity contribution in [1.29, 1.82) is 0 Å². The standard InChI is InChI=1S/C78H48N6O2P2/c85-87-73-60-41-23-43-62(73)81(54-31-11-3-12-32-54)71-68-51(47-66(77(71)87)83(56-35-15-5-16-36-56)69-58-39-21-19-25-49(58)45-64(75(69)87)79(60)52-27-7-1-8-28-52)48-67-78-72(68)82(55-33-13-4-14-34-55)63-44-24-42-61-74(63)88(78,86)76-65(80(61)53-29-9-2-10-30-53)46-50-26-20-22-40-59(50)70(76)84(67)57-37-17-6-18-38-57/h1-48H. The van der Waals surface area contributed by atoms with E-state index in [9.17, 15) is 0 Å². The molecule has 0 fully saturated rings. The summed E-state index contributed by atoms with van der Waals surface area (Å²) in [5, 5.41) is 10.5. The van der Waals surface area contributed by atoms with Gasteiger partial charge in [-0.25, -0.2) is 0 Å². The van der Waals surface area contributed by atoms with Crippen LogP contribution >= 0.6 is 14.3 Å². The maximum Gasteiger partial charge on any atom is 0.183 e. The van der Waals surface area contributed by atoms with Gasteiger partial charge in [0.1, 0.15) is 0 Å². The Morgan fingerprint density at radius 3 is 0.795 bits per heavy atom. The smallest absolute Gasteiger partial charge is 0.183 e. The van der Waals surface area contributed by atoms with Crippen LogP contribution < -0.4 is 61.2 Å². The maximum atomic E-state index is 19.0. The van der Waals surface area contributed by atoms with Crippen molar-refractivity contribution in [3.05, 3.63) is 291 Å². The minimum Gasteiger partial charge on any atom is -0.309 e. The minimum absolute atomic E-state index is 0.744. The normalized spacial score (nSPS) is 17.4. The van der Waals surface area contributed by atoms with E-state index in [1.54, 1.807) is 0 Å². The van der Waals surface area contributed by atoms with Crippen molar-refractivity contribution >= 4 is 181 Å². The molecule has 412 valence electrons. The molecular formula is C78H48N6O2P2. The lowest BCUT2D eigenvalue weighted by molar-refractivity contribution is 0.591. The van der Waals surface area contributed by atoms with Gasteiger partial charge in [-0.05, 0) is 137 Å². The highest BCUT2D eigenvalue weighted by Crippen LogP contribution is 2.73. The molecular weight excluding hydrogens is 1110 g/mol. The Morgan fingerprint density at radius 1 is 0.205 bits per heavy atom. The van der Waals surface area contributed by atoms with Gasteiger partial charge in [0.2, 0.25) is 0 Å². The third kappa shape index (κ3) is 5.96. The van der Waals surface area contributed by atoms with Crippen molar-refractivity contribution in [1.82, 2.24) is 0 Å². The molecule has 0 aliphatic carbocycles. The Kier molecular flexibility index (Phi) is 9.56. The first-order valence-corrected chi connectivity index (χ1v) is 33.3. The van der Waals surface area contributed by atoms with E-state index in [0.717, 1.165) is 167 Å². The molecule has 0 amide bonds. The lowest BCUT2D eigenvalue weighted by atomic mass is 9.95. The van der Waals surface area contributed by atoms with Crippen molar-refractivity contribution in [2.75, 3.05) is 29.4 Å². The average molecular weight is 1160 g/mol. The Morgan fingerprint density at radius 2 is 0.455 bits per heavy atom. The highest BCUT2D eigenvalue weighted by atomic mass is 31.2. The van der Waals surface area contributed by atoms with E-state index < -0.39 is 14.3 Å². The van der Waals surface area contributed by atoms with Crippen LogP contribution in [0.4, 0.5) is 102 Å². The van der Waals surface area contributed by atoms with Crippen LogP contribution in [0.25, 0.3) is 32.3 Å². The van der Waals surface area contributed by atoms with Crippen molar-refractivity contribution in [3.8, 4) is 0 Å². The van der Waals surface area contributed by atoms with Crippen LogP contribution in [-0.2, 0) is 9.13 Å². The molecule has 0 aromatic heterocycles. The molecule has 2 unspecified atom stereocenters. The first-order chi connectivity index (χ1) is 43.5. The number of benzene rings is 14. The second kappa shape index (κ2) is 17.4. The molecule has 2 atom stereocenters. The van der Waals surface area contributed by atoms with Crippen molar-refractivity contribution < 1.29 is 9.13 Å². The predicted octanol–water partition coefficient (Wildman–Crippen LogP) is 19.1. The molecule has 14 aromatic rings. The zero-order valence-corrected chi connectivity index (χ0v) is 48.9. The highest BCUT2D eigenvalue weighted by molar-refractivity contribution is 7.88. The van der Waals surface area contributed by atoms with Gasteiger partial charge in [-0.15, -0.1) is 0 Å². The van der Waals surface area contributed by atoms with Crippen LogP contribution in [0.15, 0.2) is 291 Å². The summed E-state index contributed by atoms with van der Waals surface area (Å²) in [5.74, 6) is 0. The summed E-state index contributed by atoms with van der Waals surface area (Å²) in [6.07, 6.45) is 0. The second-order valence-electron chi connectivity index (χ2n) is 23.4. The van der Waals surface area contributed by atoms with Crippen LogP contribution in [-0.4, -0.2) is 0 Å². The molecule has 6 aliphatic heterocycles. The van der Waals surface area contributed by atoms with Crippen LogP contribution in [0.3, 0.4) is 0 Å². The van der Waals surface area contributed by atoms with Gasteiger partial charge in [0, 0.05) is 50.3 Å². The fourth-order valence-corrected chi connectivity index (χ4v) is 23.1. The molecule has 6 heterocycles. The number of para-hydroxylation sites is 6. The second-order valence-corrected chi connectivity index (χ2v) is 28.6. The Labute approximate surface area is 507 Å². The third-order valence-corrected chi connectivity index (χ3v) is 25.5. The lowest BCUT2D eigenvalue weighted by Crippen LogP contribution is -2.49. The summed E-state index contributed by atoms with van der Waals surface area (Å²) in [5.41, 5.74) is 15.9. The summed E-state index contributed by atoms with van der Waals surface area (Å²) in [6.45, 7) is 0. The number of hydrogen-bond donors (Lipinski definition) is 0. The zero-order valence-electron chi connectivity index (χ0n) is 47.1. The number of hydrogen-bond acceptors (Lipinski definition) is 8. The zero-order chi connectivity index (χ0) is 57.7. The summed E-state index contributed by atoms with van der Waals surface area (Å²) < 4.78 is 38.0. The Balaban J connectivity index is 1.04. The van der Waals surface area contributed by atoms with E-state index >= 15 is 9.13 Å².